The van der Waals surface area contributed by atoms with Gasteiger partial charge in [0.05, 0.1) is 12.0 Å². The number of alkyl halides is 1. The molecule has 0 radical (unpaired) electrons. The maximum absolute atomic E-state index is 11.1. The van der Waals surface area contributed by atoms with Gasteiger partial charge in [0.15, 0.2) is 0 Å². The summed E-state index contributed by atoms with van der Waals surface area (Å²) in [5.41, 5.74) is 0.934. The number of pyridine rings is 1. The van der Waals surface area contributed by atoms with Crippen LogP contribution < -0.4 is 0 Å². The Balaban J connectivity index is 2.37. The van der Waals surface area contributed by atoms with Crippen molar-refractivity contribution in [3.8, 4) is 0 Å². The molecule has 0 aliphatic heterocycles. The summed E-state index contributed by atoms with van der Waals surface area (Å²) < 4.78 is 4.81. The molecule has 4 heteroatoms. The third-order valence-electron chi connectivity index (χ3n) is 1.95. The zero-order valence-corrected chi connectivity index (χ0v) is 9.41. The maximum atomic E-state index is 11.1. The second-order valence-electron chi connectivity index (χ2n) is 3.10. The molecule has 0 N–H and O–H groups in total. The third kappa shape index (κ3) is 4.30. The number of esters is 1. The van der Waals surface area contributed by atoms with Crippen LogP contribution in [0.15, 0.2) is 24.5 Å². The number of rotatable bonds is 5. The van der Waals surface area contributed by atoms with E-state index in [1.165, 1.54) is 0 Å². The van der Waals surface area contributed by atoms with Gasteiger partial charge in [-0.2, -0.15) is 0 Å². The zero-order chi connectivity index (χ0) is 11.1. The maximum Gasteiger partial charge on any atom is 0.305 e. The van der Waals surface area contributed by atoms with E-state index in [1.807, 2.05) is 12.1 Å². The quantitative estimate of drug-likeness (QED) is 0.574. The first-order chi connectivity index (χ1) is 7.24. The van der Waals surface area contributed by atoms with E-state index < -0.39 is 0 Å². The van der Waals surface area contributed by atoms with Gasteiger partial charge in [0.2, 0.25) is 0 Å². The second kappa shape index (κ2) is 6.40. The summed E-state index contributed by atoms with van der Waals surface area (Å²) >= 11 is 6.10. The molecule has 0 aliphatic carbocycles. The molecule has 15 heavy (non-hydrogen) atoms. The Morgan fingerprint density at radius 1 is 1.67 bits per heavy atom. The summed E-state index contributed by atoms with van der Waals surface area (Å²) in [6.45, 7) is 2.20. The van der Waals surface area contributed by atoms with Crippen molar-refractivity contribution in [2.45, 2.75) is 25.1 Å². The third-order valence-corrected chi connectivity index (χ3v) is 2.42. The van der Waals surface area contributed by atoms with Crippen LogP contribution in [-0.2, 0) is 9.53 Å². The molecular formula is C11H14ClNO2. The molecule has 0 saturated heterocycles. The highest BCUT2D eigenvalue weighted by atomic mass is 35.5. The molecule has 0 amide bonds. The van der Waals surface area contributed by atoms with Gasteiger partial charge in [-0.3, -0.25) is 9.78 Å². The van der Waals surface area contributed by atoms with Crippen molar-refractivity contribution in [3.63, 3.8) is 0 Å². The molecule has 0 spiro atoms. The molecule has 1 aromatic heterocycles. The smallest absolute Gasteiger partial charge is 0.305 e. The molecule has 0 bridgehead atoms. The standard InChI is InChI=1S/C11H14ClNO2/c1-2-15-11(14)6-5-10(12)9-4-3-7-13-8-9/h3-4,7-8,10H,2,5-6H2,1H3. The topological polar surface area (TPSA) is 39.2 Å². The minimum atomic E-state index is -0.202. The lowest BCUT2D eigenvalue weighted by Crippen LogP contribution is -2.05. The first-order valence-electron chi connectivity index (χ1n) is 4.93. The van der Waals surface area contributed by atoms with Gasteiger partial charge >= 0.3 is 5.97 Å². The average molecular weight is 228 g/mol. The van der Waals surface area contributed by atoms with Gasteiger partial charge in [0.25, 0.3) is 0 Å². The first kappa shape index (κ1) is 12.0. The zero-order valence-electron chi connectivity index (χ0n) is 8.65. The lowest BCUT2D eigenvalue weighted by Gasteiger charge is -2.08. The molecular weight excluding hydrogens is 214 g/mol. The molecule has 0 fully saturated rings. The fourth-order valence-corrected chi connectivity index (χ4v) is 1.44. The van der Waals surface area contributed by atoms with Gasteiger partial charge in [-0.05, 0) is 25.0 Å². The van der Waals surface area contributed by atoms with E-state index >= 15 is 0 Å². The van der Waals surface area contributed by atoms with E-state index in [9.17, 15) is 4.79 Å². The molecule has 0 aromatic carbocycles. The number of carbonyl (C=O) groups excluding carboxylic acids is 1. The van der Waals surface area contributed by atoms with Gasteiger partial charge in [-0.15, -0.1) is 11.6 Å². The van der Waals surface area contributed by atoms with Crippen molar-refractivity contribution in [2.75, 3.05) is 6.61 Å². The van der Waals surface area contributed by atoms with Gasteiger partial charge in [-0.25, -0.2) is 0 Å². The number of aromatic nitrogens is 1. The number of nitrogens with zero attached hydrogens (tertiary/aromatic N) is 1. The van der Waals surface area contributed by atoms with Crippen molar-refractivity contribution in [2.24, 2.45) is 0 Å². The van der Waals surface area contributed by atoms with Crippen LogP contribution >= 0.6 is 11.6 Å². The van der Waals surface area contributed by atoms with Crippen LogP contribution in [0.25, 0.3) is 0 Å². The molecule has 0 aliphatic rings. The van der Waals surface area contributed by atoms with Crippen LogP contribution in [-0.4, -0.2) is 17.6 Å². The number of ether oxygens (including phenoxy) is 1. The van der Waals surface area contributed by atoms with Crippen molar-refractivity contribution in [3.05, 3.63) is 30.1 Å². The molecule has 3 nitrogen and oxygen atoms in total. The summed E-state index contributed by atoms with van der Waals surface area (Å²) in [7, 11) is 0. The minimum Gasteiger partial charge on any atom is -0.466 e. The Morgan fingerprint density at radius 2 is 2.47 bits per heavy atom. The van der Waals surface area contributed by atoms with Gasteiger partial charge in [0, 0.05) is 18.8 Å². The van der Waals surface area contributed by atoms with Crippen molar-refractivity contribution in [1.29, 1.82) is 0 Å². The Hall–Kier alpha value is -1.09. The molecule has 1 rings (SSSR count). The summed E-state index contributed by atoms with van der Waals surface area (Å²) in [5.74, 6) is -0.202. The van der Waals surface area contributed by atoms with Crippen LogP contribution in [0.5, 0.6) is 0 Å². The first-order valence-corrected chi connectivity index (χ1v) is 5.37. The minimum absolute atomic E-state index is 0.178. The van der Waals surface area contributed by atoms with Crippen molar-refractivity contribution >= 4 is 17.6 Å². The Bertz CT molecular complexity index is 303. The fraction of sp³-hybridized carbons (Fsp3) is 0.455. The van der Waals surface area contributed by atoms with Crippen molar-refractivity contribution < 1.29 is 9.53 Å². The average Bonchev–Trinajstić information content (AvgIpc) is 2.27. The Morgan fingerprint density at radius 3 is 3.07 bits per heavy atom. The Labute approximate surface area is 94.4 Å². The molecule has 1 aromatic rings. The van der Waals surface area contributed by atoms with Crippen LogP contribution in [0.4, 0.5) is 0 Å². The molecule has 1 unspecified atom stereocenters. The molecule has 82 valence electrons. The van der Waals surface area contributed by atoms with Gasteiger partial charge < -0.3 is 4.74 Å². The van der Waals surface area contributed by atoms with Crippen molar-refractivity contribution in [1.82, 2.24) is 4.98 Å². The van der Waals surface area contributed by atoms with Crippen LogP contribution in [0.1, 0.15) is 30.7 Å². The van der Waals surface area contributed by atoms with E-state index in [-0.39, 0.29) is 11.3 Å². The van der Waals surface area contributed by atoms with Gasteiger partial charge in [0.1, 0.15) is 0 Å². The number of halogens is 1. The van der Waals surface area contributed by atoms with Crippen LogP contribution in [0.2, 0.25) is 0 Å². The van der Waals surface area contributed by atoms with E-state index in [0.717, 1.165) is 5.56 Å². The molecule has 0 saturated carbocycles. The van der Waals surface area contributed by atoms with Crippen LogP contribution in [0.3, 0.4) is 0 Å². The highest BCUT2D eigenvalue weighted by molar-refractivity contribution is 6.20. The van der Waals surface area contributed by atoms with E-state index in [4.69, 9.17) is 16.3 Å². The summed E-state index contributed by atoms with van der Waals surface area (Å²) in [4.78, 5) is 15.1. The van der Waals surface area contributed by atoms with E-state index in [0.29, 0.717) is 19.4 Å². The second-order valence-corrected chi connectivity index (χ2v) is 3.62. The SMILES string of the molecule is CCOC(=O)CCC(Cl)c1cccnc1. The largest absolute Gasteiger partial charge is 0.466 e. The highest BCUT2D eigenvalue weighted by Gasteiger charge is 2.10. The number of hydrogen-bond donors (Lipinski definition) is 0. The molecule has 1 heterocycles. The predicted molar refractivity (Wildman–Crippen MR) is 58.7 cm³/mol. The van der Waals surface area contributed by atoms with Gasteiger partial charge in [-0.1, -0.05) is 6.07 Å². The Kier molecular flexibility index (Phi) is 5.12. The monoisotopic (exact) mass is 227 g/mol. The van der Waals surface area contributed by atoms with E-state index in [1.54, 1.807) is 19.3 Å². The normalized spacial score (nSPS) is 12.1. The molecule has 1 atom stereocenters. The summed E-state index contributed by atoms with van der Waals surface area (Å²) in [5, 5.41) is -0.178. The highest BCUT2D eigenvalue weighted by Crippen LogP contribution is 2.24. The lowest BCUT2D eigenvalue weighted by molar-refractivity contribution is -0.143. The number of carbonyl (C=O) groups is 1. The summed E-state index contributed by atoms with van der Waals surface area (Å²) in [6, 6.07) is 3.73. The van der Waals surface area contributed by atoms with Crippen LogP contribution in [0, 0.1) is 0 Å². The fourth-order valence-electron chi connectivity index (χ4n) is 1.21. The number of hydrogen-bond acceptors (Lipinski definition) is 3. The summed E-state index contributed by atoms with van der Waals surface area (Å²) in [6.07, 6.45) is 4.32. The predicted octanol–water partition coefficient (Wildman–Crippen LogP) is 2.70. The van der Waals surface area contributed by atoms with E-state index in [2.05, 4.69) is 4.98 Å². The lowest BCUT2D eigenvalue weighted by atomic mass is 10.1.